The number of anilines is 1. The maximum Gasteiger partial charge on any atom is 0.338 e. The SMILES string of the molecule is CCOC(=O)c1ccc(NC(=O)CCCO)c(Br)c1. The van der Waals surface area contributed by atoms with Crippen LogP contribution in [-0.4, -0.2) is 30.2 Å². The molecule has 0 saturated carbocycles. The molecular weight excluding hydrogens is 314 g/mol. The van der Waals surface area contributed by atoms with E-state index in [1.165, 1.54) is 0 Å². The number of amides is 1. The summed E-state index contributed by atoms with van der Waals surface area (Å²) in [5.41, 5.74) is 0.998. The Morgan fingerprint density at radius 2 is 2.16 bits per heavy atom. The van der Waals surface area contributed by atoms with Crippen molar-refractivity contribution in [2.24, 2.45) is 0 Å². The van der Waals surface area contributed by atoms with Crippen molar-refractivity contribution in [1.82, 2.24) is 0 Å². The Kier molecular flexibility index (Phi) is 6.52. The summed E-state index contributed by atoms with van der Waals surface area (Å²) in [7, 11) is 0. The molecule has 0 radical (unpaired) electrons. The van der Waals surface area contributed by atoms with Crippen LogP contribution in [0, 0.1) is 0 Å². The van der Waals surface area contributed by atoms with E-state index in [0.717, 1.165) is 0 Å². The quantitative estimate of drug-likeness (QED) is 0.785. The highest BCUT2D eigenvalue weighted by Crippen LogP contribution is 2.24. The zero-order valence-corrected chi connectivity index (χ0v) is 12.2. The van der Waals surface area contributed by atoms with Gasteiger partial charge in [0.2, 0.25) is 5.91 Å². The molecule has 19 heavy (non-hydrogen) atoms. The highest BCUT2D eigenvalue weighted by atomic mass is 79.9. The fourth-order valence-electron chi connectivity index (χ4n) is 1.41. The topological polar surface area (TPSA) is 75.6 Å². The van der Waals surface area contributed by atoms with Crippen LogP contribution in [-0.2, 0) is 9.53 Å². The van der Waals surface area contributed by atoms with Crippen molar-refractivity contribution < 1.29 is 19.4 Å². The van der Waals surface area contributed by atoms with Gasteiger partial charge < -0.3 is 15.2 Å². The van der Waals surface area contributed by atoms with Gasteiger partial charge in [0.25, 0.3) is 0 Å². The van der Waals surface area contributed by atoms with E-state index in [1.54, 1.807) is 25.1 Å². The molecule has 0 saturated heterocycles. The van der Waals surface area contributed by atoms with Crippen molar-refractivity contribution in [1.29, 1.82) is 0 Å². The van der Waals surface area contributed by atoms with Gasteiger partial charge in [-0.25, -0.2) is 4.79 Å². The van der Waals surface area contributed by atoms with E-state index in [9.17, 15) is 9.59 Å². The van der Waals surface area contributed by atoms with E-state index >= 15 is 0 Å². The molecule has 2 N–H and O–H groups in total. The zero-order chi connectivity index (χ0) is 14.3. The predicted octanol–water partition coefficient (Wildman–Crippen LogP) is 2.34. The van der Waals surface area contributed by atoms with E-state index in [2.05, 4.69) is 21.2 Å². The van der Waals surface area contributed by atoms with Crippen LogP contribution in [0.4, 0.5) is 5.69 Å². The largest absolute Gasteiger partial charge is 0.462 e. The number of carbonyl (C=O) groups is 2. The summed E-state index contributed by atoms with van der Waals surface area (Å²) < 4.78 is 5.49. The maximum atomic E-state index is 11.5. The molecule has 0 spiro atoms. The predicted molar refractivity (Wildman–Crippen MR) is 75.0 cm³/mol. The van der Waals surface area contributed by atoms with Gasteiger partial charge in [0.1, 0.15) is 0 Å². The summed E-state index contributed by atoms with van der Waals surface area (Å²) in [6, 6.07) is 4.82. The van der Waals surface area contributed by atoms with Crippen LogP contribution < -0.4 is 5.32 Å². The zero-order valence-electron chi connectivity index (χ0n) is 10.6. The highest BCUT2D eigenvalue weighted by molar-refractivity contribution is 9.10. The van der Waals surface area contributed by atoms with E-state index in [0.29, 0.717) is 28.8 Å². The van der Waals surface area contributed by atoms with E-state index < -0.39 is 5.97 Å². The number of hydrogen-bond donors (Lipinski definition) is 2. The van der Waals surface area contributed by atoms with Gasteiger partial charge in [0.05, 0.1) is 17.9 Å². The fourth-order valence-corrected chi connectivity index (χ4v) is 1.89. The van der Waals surface area contributed by atoms with Crippen LogP contribution in [0.3, 0.4) is 0 Å². The number of aliphatic hydroxyl groups excluding tert-OH is 1. The van der Waals surface area contributed by atoms with Gasteiger partial charge in [0.15, 0.2) is 0 Å². The van der Waals surface area contributed by atoms with Gasteiger partial charge in [-0.1, -0.05) is 0 Å². The van der Waals surface area contributed by atoms with Crippen LogP contribution in [0.25, 0.3) is 0 Å². The molecule has 6 heteroatoms. The Morgan fingerprint density at radius 1 is 1.42 bits per heavy atom. The first-order valence-electron chi connectivity index (χ1n) is 5.95. The summed E-state index contributed by atoms with van der Waals surface area (Å²) in [5, 5.41) is 11.3. The normalized spacial score (nSPS) is 10.1. The molecular formula is C13H16BrNO4. The molecule has 0 aromatic heterocycles. The molecule has 1 amide bonds. The van der Waals surface area contributed by atoms with Crippen molar-refractivity contribution in [3.05, 3.63) is 28.2 Å². The Morgan fingerprint density at radius 3 is 2.74 bits per heavy atom. The Balaban J connectivity index is 2.72. The molecule has 104 valence electrons. The van der Waals surface area contributed by atoms with Gasteiger partial charge in [0, 0.05) is 17.5 Å². The van der Waals surface area contributed by atoms with Crippen molar-refractivity contribution in [2.75, 3.05) is 18.5 Å². The summed E-state index contributed by atoms with van der Waals surface area (Å²) >= 11 is 3.29. The first kappa shape index (κ1) is 15.7. The lowest BCUT2D eigenvalue weighted by molar-refractivity contribution is -0.116. The number of hydrogen-bond acceptors (Lipinski definition) is 4. The number of aliphatic hydroxyl groups is 1. The van der Waals surface area contributed by atoms with Crippen LogP contribution in [0.5, 0.6) is 0 Å². The molecule has 0 aliphatic heterocycles. The Bertz CT molecular complexity index is 462. The van der Waals surface area contributed by atoms with Gasteiger partial charge in [-0.3, -0.25) is 4.79 Å². The van der Waals surface area contributed by atoms with Crippen LogP contribution in [0.1, 0.15) is 30.1 Å². The molecule has 1 aromatic rings. The van der Waals surface area contributed by atoms with Gasteiger partial charge >= 0.3 is 5.97 Å². The third kappa shape index (κ3) is 5.00. The molecule has 0 atom stereocenters. The third-order valence-corrected chi connectivity index (χ3v) is 2.97. The molecule has 0 unspecified atom stereocenters. The number of ether oxygens (including phenoxy) is 1. The number of carbonyl (C=O) groups excluding carboxylic acids is 2. The first-order valence-corrected chi connectivity index (χ1v) is 6.75. The number of esters is 1. The Hall–Kier alpha value is -1.40. The van der Waals surface area contributed by atoms with E-state index in [-0.39, 0.29) is 18.9 Å². The summed E-state index contributed by atoms with van der Waals surface area (Å²) in [4.78, 5) is 23.0. The van der Waals surface area contributed by atoms with Crippen molar-refractivity contribution in [2.45, 2.75) is 19.8 Å². The molecule has 0 bridgehead atoms. The lowest BCUT2D eigenvalue weighted by atomic mass is 10.2. The third-order valence-electron chi connectivity index (χ3n) is 2.32. The monoisotopic (exact) mass is 329 g/mol. The van der Waals surface area contributed by atoms with Gasteiger partial charge in [-0.2, -0.15) is 0 Å². The number of halogens is 1. The maximum absolute atomic E-state index is 11.5. The second-order valence-corrected chi connectivity index (χ2v) is 4.64. The highest BCUT2D eigenvalue weighted by Gasteiger charge is 2.10. The van der Waals surface area contributed by atoms with Gasteiger partial charge in [-0.15, -0.1) is 0 Å². The molecule has 0 aliphatic rings. The molecule has 1 aromatic carbocycles. The average Bonchev–Trinajstić information content (AvgIpc) is 2.39. The van der Waals surface area contributed by atoms with Crippen LogP contribution in [0.2, 0.25) is 0 Å². The molecule has 0 fully saturated rings. The minimum absolute atomic E-state index is 0.0175. The molecule has 5 nitrogen and oxygen atoms in total. The molecule has 1 rings (SSSR count). The van der Waals surface area contributed by atoms with E-state index in [1.807, 2.05) is 0 Å². The first-order chi connectivity index (χ1) is 9.08. The standard InChI is InChI=1S/C13H16BrNO4/c1-2-19-13(18)9-5-6-11(10(14)8-9)15-12(17)4-3-7-16/h5-6,8,16H,2-4,7H2,1H3,(H,15,17). The summed E-state index contributed by atoms with van der Waals surface area (Å²) in [5.74, 6) is -0.583. The lowest BCUT2D eigenvalue weighted by Gasteiger charge is -2.08. The van der Waals surface area contributed by atoms with Crippen molar-refractivity contribution in [3.63, 3.8) is 0 Å². The second-order valence-electron chi connectivity index (χ2n) is 3.79. The van der Waals surface area contributed by atoms with E-state index in [4.69, 9.17) is 9.84 Å². The van der Waals surface area contributed by atoms with Crippen LogP contribution >= 0.6 is 15.9 Å². The fraction of sp³-hybridized carbons (Fsp3) is 0.385. The molecule has 0 aliphatic carbocycles. The summed E-state index contributed by atoms with van der Waals surface area (Å²) in [6.45, 7) is 2.04. The van der Waals surface area contributed by atoms with Crippen molar-refractivity contribution in [3.8, 4) is 0 Å². The minimum atomic E-state index is -0.402. The lowest BCUT2D eigenvalue weighted by Crippen LogP contribution is -2.12. The van der Waals surface area contributed by atoms with Crippen LogP contribution in [0.15, 0.2) is 22.7 Å². The molecule has 0 heterocycles. The Labute approximate surface area is 120 Å². The minimum Gasteiger partial charge on any atom is -0.462 e. The summed E-state index contributed by atoms with van der Waals surface area (Å²) in [6.07, 6.45) is 0.674. The number of rotatable bonds is 6. The average molecular weight is 330 g/mol. The smallest absolute Gasteiger partial charge is 0.338 e. The van der Waals surface area contributed by atoms with Crippen molar-refractivity contribution >= 4 is 33.5 Å². The second kappa shape index (κ2) is 7.91. The number of benzene rings is 1. The number of nitrogens with one attached hydrogen (secondary N) is 1. The van der Waals surface area contributed by atoms with Gasteiger partial charge in [-0.05, 0) is 47.5 Å².